The van der Waals surface area contributed by atoms with Gasteiger partial charge in [0.05, 0.1) is 5.69 Å². The fourth-order valence-corrected chi connectivity index (χ4v) is 2.94. The van der Waals surface area contributed by atoms with E-state index in [1.807, 2.05) is 13.0 Å². The van der Waals surface area contributed by atoms with Gasteiger partial charge >= 0.3 is 0 Å². The maximum Gasteiger partial charge on any atom is 0.222 e. The first-order valence-electron chi connectivity index (χ1n) is 6.45. The number of hydrogen-bond acceptors (Lipinski definition) is 3. The van der Waals surface area contributed by atoms with Crippen LogP contribution in [0.2, 0.25) is 15.3 Å². The molecule has 0 aliphatic rings. The first kappa shape index (κ1) is 15.2. The predicted molar refractivity (Wildman–Crippen MR) is 90.5 cm³/mol. The van der Waals surface area contributed by atoms with E-state index in [1.54, 1.807) is 36.8 Å². The second-order valence-corrected chi connectivity index (χ2v) is 5.90. The maximum atomic E-state index is 6.36. The molecule has 0 aliphatic carbocycles. The predicted octanol–water partition coefficient (Wildman–Crippen LogP) is 5.47. The minimum Gasteiger partial charge on any atom is -0.264 e. The maximum absolute atomic E-state index is 6.36. The van der Waals surface area contributed by atoms with Crippen molar-refractivity contribution < 1.29 is 0 Å². The normalized spacial score (nSPS) is 10.7. The molecule has 0 saturated carbocycles. The molecular formula is C16H10Cl3N3. The molecule has 0 N–H and O–H groups in total. The molecule has 0 amide bonds. The number of benzene rings is 1. The van der Waals surface area contributed by atoms with Crippen molar-refractivity contribution in [3.63, 3.8) is 0 Å². The number of pyridine rings is 1. The summed E-state index contributed by atoms with van der Waals surface area (Å²) < 4.78 is 0. The number of rotatable bonds is 2. The van der Waals surface area contributed by atoms with Crippen LogP contribution >= 0.6 is 34.8 Å². The quantitative estimate of drug-likeness (QED) is 0.575. The van der Waals surface area contributed by atoms with Gasteiger partial charge in [0.25, 0.3) is 0 Å². The molecule has 1 aromatic carbocycles. The number of aryl methyl sites for hydroxylation is 1. The van der Waals surface area contributed by atoms with E-state index in [9.17, 15) is 0 Å². The molecule has 0 bridgehead atoms. The first-order chi connectivity index (χ1) is 10.6. The fraction of sp³-hybridized carbons (Fsp3) is 0.0625. The van der Waals surface area contributed by atoms with E-state index in [2.05, 4.69) is 15.0 Å². The van der Waals surface area contributed by atoms with E-state index >= 15 is 0 Å². The van der Waals surface area contributed by atoms with Gasteiger partial charge < -0.3 is 0 Å². The van der Waals surface area contributed by atoms with Gasteiger partial charge in [-0.05, 0) is 47.9 Å². The number of nitrogens with zero attached hydrogens (tertiary/aromatic N) is 3. The van der Waals surface area contributed by atoms with Crippen LogP contribution in [0.5, 0.6) is 0 Å². The summed E-state index contributed by atoms with van der Waals surface area (Å²) in [5.41, 5.74) is 4.34. The van der Waals surface area contributed by atoms with Crippen molar-refractivity contribution in [2.45, 2.75) is 6.92 Å². The molecular weight excluding hydrogens is 341 g/mol. The Labute approximate surface area is 142 Å². The average molecular weight is 351 g/mol. The molecule has 0 aliphatic heterocycles. The second-order valence-electron chi connectivity index (χ2n) is 4.71. The topological polar surface area (TPSA) is 38.7 Å². The summed E-state index contributed by atoms with van der Waals surface area (Å²) >= 11 is 18.2. The molecule has 0 radical (unpaired) electrons. The standard InChI is InChI=1S/C16H10Cl3N3/c1-9-7-20-8-12(14-4-5-21-16(19)22-14)15(9)11-3-2-10(17)6-13(11)18/h2-8H,1H3. The highest BCUT2D eigenvalue weighted by Crippen LogP contribution is 2.38. The molecule has 0 fully saturated rings. The minimum atomic E-state index is 0.187. The molecule has 0 spiro atoms. The Bertz CT molecular complexity index is 850. The third-order valence-electron chi connectivity index (χ3n) is 3.24. The van der Waals surface area contributed by atoms with Crippen molar-refractivity contribution >= 4 is 34.8 Å². The van der Waals surface area contributed by atoms with Crippen molar-refractivity contribution in [2.24, 2.45) is 0 Å². The third kappa shape index (κ3) is 2.93. The van der Waals surface area contributed by atoms with Gasteiger partial charge in [0.1, 0.15) is 0 Å². The van der Waals surface area contributed by atoms with Crippen LogP contribution in [-0.4, -0.2) is 15.0 Å². The number of hydrogen-bond donors (Lipinski definition) is 0. The Morgan fingerprint density at radius 1 is 0.955 bits per heavy atom. The largest absolute Gasteiger partial charge is 0.264 e. The molecule has 0 saturated heterocycles. The summed E-state index contributed by atoms with van der Waals surface area (Å²) in [4.78, 5) is 12.4. The van der Waals surface area contributed by atoms with E-state index in [-0.39, 0.29) is 5.28 Å². The highest BCUT2D eigenvalue weighted by Gasteiger charge is 2.15. The Kier molecular flexibility index (Phi) is 4.30. The van der Waals surface area contributed by atoms with E-state index in [4.69, 9.17) is 34.8 Å². The van der Waals surface area contributed by atoms with Crippen molar-refractivity contribution in [2.75, 3.05) is 0 Å². The Morgan fingerprint density at radius 2 is 1.77 bits per heavy atom. The summed E-state index contributed by atoms with van der Waals surface area (Å²) in [5, 5.41) is 1.35. The highest BCUT2D eigenvalue weighted by atomic mass is 35.5. The van der Waals surface area contributed by atoms with E-state index in [1.165, 1.54) is 0 Å². The summed E-state index contributed by atoms with van der Waals surface area (Å²) in [5.74, 6) is 0. The third-order valence-corrected chi connectivity index (χ3v) is 3.97. The molecule has 22 heavy (non-hydrogen) atoms. The fourth-order valence-electron chi connectivity index (χ4n) is 2.29. The molecule has 0 unspecified atom stereocenters. The smallest absolute Gasteiger partial charge is 0.222 e. The summed E-state index contributed by atoms with van der Waals surface area (Å²) in [6.07, 6.45) is 5.14. The Hall–Kier alpha value is -1.68. The molecule has 2 aromatic heterocycles. The molecule has 110 valence electrons. The van der Waals surface area contributed by atoms with E-state index in [0.717, 1.165) is 22.3 Å². The molecule has 2 heterocycles. The van der Waals surface area contributed by atoms with Gasteiger partial charge in [-0.15, -0.1) is 0 Å². The van der Waals surface area contributed by atoms with E-state index < -0.39 is 0 Å². The van der Waals surface area contributed by atoms with Crippen molar-refractivity contribution in [3.05, 3.63) is 63.7 Å². The zero-order valence-electron chi connectivity index (χ0n) is 11.5. The first-order valence-corrected chi connectivity index (χ1v) is 7.58. The van der Waals surface area contributed by atoms with Crippen LogP contribution in [0.1, 0.15) is 5.56 Å². The lowest BCUT2D eigenvalue weighted by Crippen LogP contribution is -1.94. The van der Waals surface area contributed by atoms with Gasteiger partial charge in [0, 0.05) is 39.8 Å². The van der Waals surface area contributed by atoms with Gasteiger partial charge in [-0.2, -0.15) is 0 Å². The minimum absolute atomic E-state index is 0.187. The Morgan fingerprint density at radius 3 is 2.50 bits per heavy atom. The van der Waals surface area contributed by atoms with Crippen molar-refractivity contribution in [3.8, 4) is 22.4 Å². The lowest BCUT2D eigenvalue weighted by Gasteiger charge is -2.13. The molecule has 3 nitrogen and oxygen atoms in total. The zero-order chi connectivity index (χ0) is 15.7. The lowest BCUT2D eigenvalue weighted by molar-refractivity contribution is 1.16. The molecule has 3 rings (SSSR count). The highest BCUT2D eigenvalue weighted by molar-refractivity contribution is 6.36. The average Bonchev–Trinajstić information content (AvgIpc) is 2.48. The molecule has 6 heteroatoms. The van der Waals surface area contributed by atoms with Gasteiger partial charge in [-0.3, -0.25) is 4.98 Å². The van der Waals surface area contributed by atoms with Crippen LogP contribution in [0, 0.1) is 6.92 Å². The number of halogens is 3. The van der Waals surface area contributed by atoms with Gasteiger partial charge in [-0.1, -0.05) is 29.3 Å². The van der Waals surface area contributed by atoms with Crippen LogP contribution in [0.4, 0.5) is 0 Å². The van der Waals surface area contributed by atoms with Crippen LogP contribution in [-0.2, 0) is 0 Å². The van der Waals surface area contributed by atoms with Crippen molar-refractivity contribution in [1.29, 1.82) is 0 Å². The van der Waals surface area contributed by atoms with Crippen LogP contribution < -0.4 is 0 Å². The van der Waals surface area contributed by atoms with Gasteiger partial charge in [0.15, 0.2) is 0 Å². The lowest BCUT2D eigenvalue weighted by atomic mass is 9.95. The van der Waals surface area contributed by atoms with Crippen LogP contribution in [0.3, 0.4) is 0 Å². The monoisotopic (exact) mass is 349 g/mol. The zero-order valence-corrected chi connectivity index (χ0v) is 13.8. The van der Waals surface area contributed by atoms with Crippen LogP contribution in [0.25, 0.3) is 22.4 Å². The summed E-state index contributed by atoms with van der Waals surface area (Å²) in [6, 6.07) is 7.20. The number of aromatic nitrogens is 3. The summed E-state index contributed by atoms with van der Waals surface area (Å²) in [6.45, 7) is 1.97. The van der Waals surface area contributed by atoms with E-state index in [0.29, 0.717) is 15.7 Å². The van der Waals surface area contributed by atoms with Gasteiger partial charge in [-0.25, -0.2) is 9.97 Å². The second kappa shape index (κ2) is 6.21. The van der Waals surface area contributed by atoms with Crippen LogP contribution in [0.15, 0.2) is 42.9 Å². The molecule has 3 aromatic rings. The molecule has 0 atom stereocenters. The van der Waals surface area contributed by atoms with Crippen molar-refractivity contribution in [1.82, 2.24) is 15.0 Å². The summed E-state index contributed by atoms with van der Waals surface area (Å²) in [7, 11) is 0. The Balaban J connectivity index is 2.28. The van der Waals surface area contributed by atoms with Gasteiger partial charge in [0.2, 0.25) is 5.28 Å². The SMILES string of the molecule is Cc1cncc(-c2ccnc(Cl)n2)c1-c1ccc(Cl)cc1Cl.